The van der Waals surface area contributed by atoms with E-state index in [2.05, 4.69) is 4.98 Å². The Balaban J connectivity index is 2.09. The van der Waals surface area contributed by atoms with E-state index < -0.39 is 10.5 Å². The predicted octanol–water partition coefficient (Wildman–Crippen LogP) is 3.19. The van der Waals surface area contributed by atoms with Gasteiger partial charge in [-0.2, -0.15) is 0 Å². The Hall–Kier alpha value is -3.43. The number of hydrogen-bond acceptors (Lipinski definition) is 7. The fourth-order valence-electron chi connectivity index (χ4n) is 3.15. The predicted molar refractivity (Wildman–Crippen MR) is 112 cm³/mol. The van der Waals surface area contributed by atoms with Crippen molar-refractivity contribution in [2.75, 3.05) is 13.7 Å². The molecule has 8 nitrogen and oxygen atoms in total. The van der Waals surface area contributed by atoms with Gasteiger partial charge in [0, 0.05) is 34.9 Å². The maximum Gasteiger partial charge on any atom is 0.270 e. The number of ether oxygens (including phenoxy) is 1. The summed E-state index contributed by atoms with van der Waals surface area (Å²) in [5.41, 5.74) is -0.548. The zero-order valence-corrected chi connectivity index (χ0v) is 16.1. The van der Waals surface area contributed by atoms with Gasteiger partial charge in [0.1, 0.15) is 16.0 Å². The van der Waals surface area contributed by atoms with Crippen LogP contribution in [0.15, 0.2) is 58.1 Å². The van der Waals surface area contributed by atoms with Gasteiger partial charge in [-0.15, -0.1) is 11.3 Å². The molecule has 2 aromatic heterocycles. The Morgan fingerprint density at radius 2 is 1.97 bits per heavy atom. The maximum atomic E-state index is 13.3. The lowest BCUT2D eigenvalue weighted by Gasteiger charge is -2.13. The van der Waals surface area contributed by atoms with Crippen molar-refractivity contribution in [3.05, 3.63) is 79.2 Å². The van der Waals surface area contributed by atoms with Crippen LogP contribution in [0.25, 0.3) is 31.7 Å². The summed E-state index contributed by atoms with van der Waals surface area (Å²) in [7, 11) is 1.50. The largest absolute Gasteiger partial charge is 0.383 e. The average Bonchev–Trinajstić information content (AvgIpc) is 2.73. The Labute approximate surface area is 167 Å². The summed E-state index contributed by atoms with van der Waals surface area (Å²) in [4.78, 5) is 41.7. The average molecular weight is 409 g/mol. The summed E-state index contributed by atoms with van der Waals surface area (Å²) in [5.74, 6) is 0.259. The van der Waals surface area contributed by atoms with Gasteiger partial charge in [0.2, 0.25) is 5.43 Å². The summed E-state index contributed by atoms with van der Waals surface area (Å²) >= 11 is 1.24. The molecule has 4 rings (SSSR count). The molecule has 2 heterocycles. The molecule has 4 aromatic rings. The van der Waals surface area contributed by atoms with E-state index in [0.717, 1.165) is 4.70 Å². The second-order valence-corrected chi connectivity index (χ2v) is 7.33. The highest BCUT2D eigenvalue weighted by Gasteiger charge is 2.18. The molecule has 0 bridgehead atoms. The quantitative estimate of drug-likeness (QED) is 0.285. The van der Waals surface area contributed by atoms with Crippen molar-refractivity contribution < 1.29 is 9.66 Å². The third-order valence-corrected chi connectivity index (χ3v) is 5.60. The molecule has 0 fully saturated rings. The summed E-state index contributed by atoms with van der Waals surface area (Å²) in [5, 5.41) is 11.6. The number of rotatable bonds is 5. The molecule has 0 radical (unpaired) electrons. The van der Waals surface area contributed by atoms with Crippen LogP contribution in [0.5, 0.6) is 0 Å². The van der Waals surface area contributed by atoms with Crippen LogP contribution in [0, 0.1) is 10.1 Å². The van der Waals surface area contributed by atoms with Crippen molar-refractivity contribution in [3.8, 4) is 11.4 Å². The molecule has 2 aromatic carbocycles. The van der Waals surface area contributed by atoms with Crippen molar-refractivity contribution in [3.63, 3.8) is 0 Å². The third-order valence-electron chi connectivity index (χ3n) is 4.54. The molecule has 0 saturated heterocycles. The van der Waals surface area contributed by atoms with Gasteiger partial charge in [-0.1, -0.05) is 24.3 Å². The zero-order valence-electron chi connectivity index (χ0n) is 15.3. The number of nitro benzene ring substituents is 1. The molecule has 0 unspecified atom stereocenters. The minimum atomic E-state index is -0.506. The highest BCUT2D eigenvalue weighted by molar-refractivity contribution is 7.24. The van der Waals surface area contributed by atoms with Gasteiger partial charge in [0.25, 0.3) is 11.2 Å². The number of nitrogens with zero attached hydrogens (tertiary/aromatic N) is 3. The minimum Gasteiger partial charge on any atom is -0.383 e. The minimum absolute atomic E-state index is 0.0129. The molecule has 9 heteroatoms. The van der Waals surface area contributed by atoms with E-state index in [0.29, 0.717) is 15.8 Å². The van der Waals surface area contributed by atoms with Gasteiger partial charge in [-0.3, -0.25) is 24.3 Å². The second-order valence-electron chi connectivity index (χ2n) is 6.30. The number of non-ortho nitro benzene ring substituents is 1. The van der Waals surface area contributed by atoms with E-state index in [1.165, 1.54) is 41.2 Å². The Morgan fingerprint density at radius 1 is 1.17 bits per heavy atom. The van der Waals surface area contributed by atoms with Crippen LogP contribution in [0.1, 0.15) is 0 Å². The normalized spacial score (nSPS) is 11.2. The number of hydrogen-bond donors (Lipinski definition) is 0. The van der Waals surface area contributed by atoms with E-state index in [1.54, 1.807) is 24.3 Å². The molecule has 0 spiro atoms. The van der Waals surface area contributed by atoms with Crippen LogP contribution >= 0.6 is 11.3 Å². The molecule has 0 saturated carbocycles. The topological polar surface area (TPSA) is 104 Å². The highest BCUT2D eigenvalue weighted by Crippen LogP contribution is 2.26. The monoisotopic (exact) mass is 409 g/mol. The van der Waals surface area contributed by atoms with Crippen molar-refractivity contribution in [1.82, 2.24) is 9.55 Å². The van der Waals surface area contributed by atoms with Crippen LogP contribution in [-0.4, -0.2) is 28.2 Å². The first-order chi connectivity index (χ1) is 14.0. The lowest BCUT2D eigenvalue weighted by Crippen LogP contribution is -2.28. The number of fused-ring (bicyclic) bond motifs is 2. The number of aromatic nitrogens is 2. The molecular weight excluding hydrogens is 394 g/mol. The van der Waals surface area contributed by atoms with Crippen LogP contribution in [-0.2, 0) is 11.3 Å². The highest BCUT2D eigenvalue weighted by atomic mass is 32.1. The fourth-order valence-corrected chi connectivity index (χ4v) is 4.19. The number of benzene rings is 2. The van der Waals surface area contributed by atoms with E-state index >= 15 is 0 Å². The van der Waals surface area contributed by atoms with Crippen molar-refractivity contribution in [1.29, 1.82) is 0 Å². The Bertz CT molecular complexity index is 1380. The van der Waals surface area contributed by atoms with Crippen molar-refractivity contribution >= 4 is 37.3 Å². The molecule has 0 aliphatic rings. The van der Waals surface area contributed by atoms with Crippen LogP contribution in [0.4, 0.5) is 5.69 Å². The van der Waals surface area contributed by atoms with Gasteiger partial charge in [0.15, 0.2) is 0 Å². The van der Waals surface area contributed by atoms with Gasteiger partial charge in [0.05, 0.1) is 18.1 Å². The van der Waals surface area contributed by atoms with Crippen molar-refractivity contribution in [2.45, 2.75) is 6.54 Å². The molecule has 0 aliphatic heterocycles. The third kappa shape index (κ3) is 3.30. The van der Waals surface area contributed by atoms with E-state index in [4.69, 9.17) is 4.74 Å². The van der Waals surface area contributed by atoms with Gasteiger partial charge in [-0.05, 0) is 12.1 Å². The van der Waals surface area contributed by atoms with E-state index in [-0.39, 0.29) is 35.5 Å². The van der Waals surface area contributed by atoms with Gasteiger partial charge >= 0.3 is 0 Å². The second kappa shape index (κ2) is 7.53. The zero-order chi connectivity index (χ0) is 20.5. The maximum absolute atomic E-state index is 13.3. The Kier molecular flexibility index (Phi) is 4.91. The molecule has 0 amide bonds. The summed E-state index contributed by atoms with van der Waals surface area (Å²) in [6.07, 6.45) is 0. The molecule has 146 valence electrons. The standard InChI is InChI=1S/C20H15N3O5S/c1-28-10-9-22-18(12-5-4-6-13(11-12)23(26)27)21-19-16(20(22)25)17(24)14-7-2-3-8-15(14)29-19/h2-8,11H,9-10H2,1H3. The van der Waals surface area contributed by atoms with E-state index in [9.17, 15) is 19.7 Å². The molecule has 0 N–H and O–H groups in total. The SMILES string of the molecule is COCCn1c(-c2cccc([N+](=O)[O-])c2)nc2sc3ccccc3c(=O)c2c1=O. The first kappa shape index (κ1) is 18.9. The molecular formula is C20H15N3O5S. The lowest BCUT2D eigenvalue weighted by atomic mass is 10.1. The smallest absolute Gasteiger partial charge is 0.270 e. The molecule has 0 atom stereocenters. The first-order valence-electron chi connectivity index (χ1n) is 8.71. The number of nitro groups is 1. The molecule has 0 aliphatic carbocycles. The van der Waals surface area contributed by atoms with Crippen LogP contribution in [0.2, 0.25) is 0 Å². The van der Waals surface area contributed by atoms with E-state index in [1.807, 2.05) is 6.07 Å². The Morgan fingerprint density at radius 3 is 2.72 bits per heavy atom. The fraction of sp³-hybridized carbons (Fsp3) is 0.150. The number of methoxy groups -OCH3 is 1. The van der Waals surface area contributed by atoms with Crippen LogP contribution in [0.3, 0.4) is 0 Å². The van der Waals surface area contributed by atoms with Gasteiger partial charge in [-0.25, -0.2) is 4.98 Å². The van der Waals surface area contributed by atoms with Gasteiger partial charge < -0.3 is 4.74 Å². The lowest BCUT2D eigenvalue weighted by molar-refractivity contribution is -0.384. The van der Waals surface area contributed by atoms with Crippen molar-refractivity contribution in [2.24, 2.45) is 0 Å². The summed E-state index contributed by atoms with van der Waals surface area (Å²) < 4.78 is 7.15. The summed E-state index contributed by atoms with van der Waals surface area (Å²) in [6, 6.07) is 12.9. The van der Waals surface area contributed by atoms with Crippen LogP contribution < -0.4 is 11.0 Å². The first-order valence-corrected chi connectivity index (χ1v) is 9.53. The summed E-state index contributed by atoms with van der Waals surface area (Å²) in [6.45, 7) is 0.382. The molecule has 29 heavy (non-hydrogen) atoms.